The number of hydrogen-bond acceptors (Lipinski definition) is 4. The quantitative estimate of drug-likeness (QED) is 0.638. The van der Waals surface area contributed by atoms with Crippen LogP contribution in [0.2, 0.25) is 0 Å². The summed E-state index contributed by atoms with van der Waals surface area (Å²) in [6.45, 7) is 6.52. The van der Waals surface area contributed by atoms with Gasteiger partial charge in [-0.2, -0.15) is 10.2 Å². The average molecular weight is 425 g/mol. The normalized spacial score (nSPS) is 15.4. The van der Waals surface area contributed by atoms with E-state index in [-0.39, 0.29) is 17.8 Å². The number of hydrogen-bond donors (Lipinski definition) is 2. The van der Waals surface area contributed by atoms with Gasteiger partial charge in [0.15, 0.2) is 0 Å². The lowest BCUT2D eigenvalue weighted by molar-refractivity contribution is -0.121. The molecule has 3 heterocycles. The van der Waals surface area contributed by atoms with Crippen LogP contribution in [0.5, 0.6) is 0 Å². The molecule has 0 unspecified atom stereocenters. The highest BCUT2D eigenvalue weighted by molar-refractivity contribution is 5.79. The first-order chi connectivity index (χ1) is 14.9. The molecular formula is C23H29FN6O. The van der Waals surface area contributed by atoms with Crippen molar-refractivity contribution >= 4 is 5.91 Å². The number of benzene rings is 1. The van der Waals surface area contributed by atoms with Gasteiger partial charge in [-0.3, -0.25) is 19.5 Å². The molecule has 1 saturated heterocycles. The second kappa shape index (κ2) is 9.01. The fourth-order valence-corrected chi connectivity index (χ4v) is 4.15. The van der Waals surface area contributed by atoms with Crippen LogP contribution in [0.4, 0.5) is 4.39 Å². The van der Waals surface area contributed by atoms with Crippen molar-refractivity contribution in [2.75, 3.05) is 13.1 Å². The van der Waals surface area contributed by atoms with Crippen LogP contribution in [-0.2, 0) is 24.8 Å². The topological polar surface area (TPSA) is 78.8 Å². The smallest absolute Gasteiger partial charge is 0.224 e. The molecule has 1 amide bonds. The van der Waals surface area contributed by atoms with Gasteiger partial charge in [-0.1, -0.05) is 0 Å². The van der Waals surface area contributed by atoms with Crippen molar-refractivity contribution in [3.8, 4) is 11.3 Å². The van der Waals surface area contributed by atoms with Gasteiger partial charge in [-0.05, 0) is 57.0 Å². The van der Waals surface area contributed by atoms with Crippen molar-refractivity contribution < 1.29 is 9.18 Å². The Morgan fingerprint density at radius 1 is 1.23 bits per heavy atom. The highest BCUT2D eigenvalue weighted by Gasteiger charge is 2.22. The summed E-state index contributed by atoms with van der Waals surface area (Å²) in [5.41, 5.74) is 5.71. The zero-order valence-electron chi connectivity index (χ0n) is 18.3. The molecule has 0 atom stereocenters. The molecule has 0 saturated carbocycles. The van der Waals surface area contributed by atoms with Crippen molar-refractivity contribution in [1.29, 1.82) is 0 Å². The minimum atomic E-state index is -0.245. The van der Waals surface area contributed by atoms with Crippen molar-refractivity contribution in [3.63, 3.8) is 0 Å². The molecule has 31 heavy (non-hydrogen) atoms. The Morgan fingerprint density at radius 2 is 1.94 bits per heavy atom. The maximum atomic E-state index is 13.2. The summed E-state index contributed by atoms with van der Waals surface area (Å²) in [5, 5.41) is 14.9. The summed E-state index contributed by atoms with van der Waals surface area (Å²) >= 11 is 0. The van der Waals surface area contributed by atoms with Crippen LogP contribution in [0.3, 0.4) is 0 Å². The van der Waals surface area contributed by atoms with Crippen molar-refractivity contribution in [3.05, 3.63) is 58.8 Å². The minimum Gasteiger partial charge on any atom is -0.353 e. The standard InChI is InChI=1S/C23H29FN6O/c1-15-21(16(2)27-26-15)13-23(31)25-19-8-10-30(11-9-19)14-20-12-22(28-29(20)3)17-4-6-18(24)7-5-17/h4-7,12,19H,8-11,13-14H2,1-3H3,(H,25,31)(H,26,27). The zero-order chi connectivity index (χ0) is 22.0. The second-order valence-electron chi connectivity index (χ2n) is 8.36. The third-order valence-electron chi connectivity index (χ3n) is 6.07. The Bertz CT molecular complexity index is 1030. The summed E-state index contributed by atoms with van der Waals surface area (Å²) in [7, 11) is 1.94. The van der Waals surface area contributed by atoms with Crippen LogP contribution in [0.25, 0.3) is 11.3 Å². The Labute approximate surface area is 181 Å². The molecule has 4 rings (SSSR count). The summed E-state index contributed by atoms with van der Waals surface area (Å²) < 4.78 is 15.1. The van der Waals surface area contributed by atoms with E-state index in [1.54, 1.807) is 12.1 Å². The molecule has 0 radical (unpaired) electrons. The number of likely N-dealkylation sites (tertiary alicyclic amines) is 1. The molecule has 1 aromatic carbocycles. The number of nitrogens with zero attached hydrogens (tertiary/aromatic N) is 4. The fraction of sp³-hybridized carbons (Fsp3) is 0.435. The average Bonchev–Trinajstić information content (AvgIpc) is 3.26. The molecule has 0 aliphatic carbocycles. The van der Waals surface area contributed by atoms with Gasteiger partial charge in [0.2, 0.25) is 5.91 Å². The van der Waals surface area contributed by atoms with E-state index in [2.05, 4.69) is 31.6 Å². The largest absolute Gasteiger partial charge is 0.353 e. The van der Waals surface area contributed by atoms with Crippen LogP contribution in [0, 0.1) is 19.7 Å². The maximum absolute atomic E-state index is 13.2. The fourth-order valence-electron chi connectivity index (χ4n) is 4.15. The number of carbonyl (C=O) groups excluding carboxylic acids is 1. The number of nitrogens with one attached hydrogen (secondary N) is 2. The molecule has 2 N–H and O–H groups in total. The van der Waals surface area contributed by atoms with Gasteiger partial charge in [0, 0.05) is 49.5 Å². The first-order valence-electron chi connectivity index (χ1n) is 10.7. The Morgan fingerprint density at radius 3 is 2.58 bits per heavy atom. The van der Waals surface area contributed by atoms with E-state index in [4.69, 9.17) is 0 Å². The predicted molar refractivity (Wildman–Crippen MR) is 117 cm³/mol. The molecule has 0 spiro atoms. The molecule has 1 aliphatic rings. The lowest BCUT2D eigenvalue weighted by Crippen LogP contribution is -2.45. The van der Waals surface area contributed by atoms with Gasteiger partial charge in [0.25, 0.3) is 0 Å². The number of halogens is 1. The SMILES string of the molecule is Cc1n[nH]c(C)c1CC(=O)NC1CCN(Cc2cc(-c3ccc(F)cc3)nn2C)CC1. The molecule has 0 bridgehead atoms. The Hall–Kier alpha value is -3.00. The third-order valence-corrected chi connectivity index (χ3v) is 6.07. The highest BCUT2D eigenvalue weighted by atomic mass is 19.1. The van der Waals surface area contributed by atoms with Gasteiger partial charge < -0.3 is 5.32 Å². The third kappa shape index (κ3) is 5.02. The summed E-state index contributed by atoms with van der Waals surface area (Å²) in [4.78, 5) is 14.8. The second-order valence-corrected chi connectivity index (χ2v) is 8.36. The van der Waals surface area contributed by atoms with Gasteiger partial charge in [-0.25, -0.2) is 4.39 Å². The summed E-state index contributed by atoms with van der Waals surface area (Å²) in [6, 6.07) is 8.69. The van der Waals surface area contributed by atoms with E-state index >= 15 is 0 Å². The highest BCUT2D eigenvalue weighted by Crippen LogP contribution is 2.21. The van der Waals surface area contributed by atoms with E-state index < -0.39 is 0 Å². The zero-order valence-corrected chi connectivity index (χ0v) is 18.3. The summed E-state index contributed by atoms with van der Waals surface area (Å²) in [6.07, 6.45) is 2.23. The van der Waals surface area contributed by atoms with Crippen LogP contribution < -0.4 is 5.32 Å². The van der Waals surface area contributed by atoms with Crippen LogP contribution in [0.1, 0.15) is 35.5 Å². The van der Waals surface area contributed by atoms with Crippen LogP contribution >= 0.6 is 0 Å². The van der Waals surface area contributed by atoms with Gasteiger partial charge in [-0.15, -0.1) is 0 Å². The van der Waals surface area contributed by atoms with Crippen molar-refractivity contribution in [2.24, 2.45) is 7.05 Å². The van der Waals surface area contributed by atoms with E-state index in [1.807, 2.05) is 25.6 Å². The predicted octanol–water partition coefficient (Wildman–Crippen LogP) is 2.89. The van der Waals surface area contributed by atoms with Gasteiger partial charge >= 0.3 is 0 Å². The molecule has 7 nitrogen and oxygen atoms in total. The molecule has 1 aliphatic heterocycles. The lowest BCUT2D eigenvalue weighted by Gasteiger charge is -2.32. The van der Waals surface area contributed by atoms with Crippen LogP contribution in [-0.4, -0.2) is 49.9 Å². The van der Waals surface area contributed by atoms with Crippen molar-refractivity contribution in [2.45, 2.75) is 45.7 Å². The minimum absolute atomic E-state index is 0.0571. The molecular weight excluding hydrogens is 395 g/mol. The summed E-state index contributed by atoms with van der Waals surface area (Å²) in [5.74, 6) is -0.188. The molecule has 164 valence electrons. The number of aryl methyl sites for hydroxylation is 3. The van der Waals surface area contributed by atoms with E-state index in [9.17, 15) is 9.18 Å². The number of carbonyl (C=O) groups is 1. The molecule has 1 fully saturated rings. The van der Waals surface area contributed by atoms with E-state index in [1.165, 1.54) is 12.1 Å². The number of aromatic nitrogens is 4. The Kier molecular flexibility index (Phi) is 6.18. The number of H-pyrrole nitrogens is 1. The monoisotopic (exact) mass is 424 g/mol. The van der Waals surface area contributed by atoms with Crippen molar-refractivity contribution in [1.82, 2.24) is 30.2 Å². The van der Waals surface area contributed by atoms with E-state index in [0.29, 0.717) is 6.42 Å². The Balaban J connectivity index is 1.28. The van der Waals surface area contributed by atoms with Crippen LogP contribution in [0.15, 0.2) is 30.3 Å². The number of aromatic amines is 1. The number of piperidine rings is 1. The number of rotatable bonds is 6. The lowest BCUT2D eigenvalue weighted by atomic mass is 10.0. The first kappa shape index (κ1) is 21.2. The van der Waals surface area contributed by atoms with E-state index in [0.717, 1.165) is 66.4 Å². The maximum Gasteiger partial charge on any atom is 0.224 e. The first-order valence-corrected chi connectivity index (χ1v) is 10.7. The van der Waals surface area contributed by atoms with Gasteiger partial charge in [0.1, 0.15) is 5.82 Å². The van der Waals surface area contributed by atoms with Gasteiger partial charge in [0.05, 0.1) is 23.5 Å². The number of amides is 1. The molecule has 2 aromatic heterocycles. The molecule has 3 aromatic rings. The molecule has 8 heteroatoms.